The summed E-state index contributed by atoms with van der Waals surface area (Å²) in [6.45, 7) is 0. The minimum absolute atomic E-state index is 0.0893. The molecule has 44 heavy (non-hydrogen) atoms. The van der Waals surface area contributed by atoms with Crippen molar-refractivity contribution in [2.24, 2.45) is 0 Å². The highest BCUT2D eigenvalue weighted by Crippen LogP contribution is 2.55. The summed E-state index contributed by atoms with van der Waals surface area (Å²) in [5, 5.41) is 7.64. The molecule has 0 bridgehead atoms. The van der Waals surface area contributed by atoms with Crippen LogP contribution >= 0.6 is 42.6 Å². The SMILES string of the molecule is COc1ccc(NC(=O)CCl)cc1OP(=O)(Oc1cc(NC(=O)CCl)ccc1OC)Oc1cc(NC(=O)CCl)ccc1OC. The number of amides is 3. The van der Waals surface area contributed by atoms with Gasteiger partial charge in [-0.15, -0.1) is 34.8 Å². The van der Waals surface area contributed by atoms with Crippen LogP contribution in [0.25, 0.3) is 0 Å². The molecule has 0 radical (unpaired) electrons. The van der Waals surface area contributed by atoms with E-state index in [1.807, 2.05) is 0 Å². The van der Waals surface area contributed by atoms with Crippen molar-refractivity contribution in [2.45, 2.75) is 0 Å². The van der Waals surface area contributed by atoms with Crippen molar-refractivity contribution in [1.82, 2.24) is 0 Å². The minimum atomic E-state index is -4.84. The van der Waals surface area contributed by atoms with Crippen LogP contribution in [0.1, 0.15) is 0 Å². The molecule has 3 rings (SSSR count). The third-order valence-electron chi connectivity index (χ3n) is 5.34. The van der Waals surface area contributed by atoms with Gasteiger partial charge in [0.05, 0.1) is 21.3 Å². The van der Waals surface area contributed by atoms with Crippen molar-refractivity contribution in [2.75, 3.05) is 54.9 Å². The van der Waals surface area contributed by atoms with Gasteiger partial charge in [-0.3, -0.25) is 14.4 Å². The Hall–Kier alpha value is -4.03. The average Bonchev–Trinajstić information content (AvgIpc) is 3.01. The van der Waals surface area contributed by atoms with Gasteiger partial charge in [0, 0.05) is 35.3 Å². The normalized spacial score (nSPS) is 10.7. The highest BCUT2D eigenvalue weighted by Gasteiger charge is 2.37. The number of anilines is 3. The summed E-state index contributed by atoms with van der Waals surface area (Å²) in [6.07, 6.45) is 0. The molecule has 0 unspecified atom stereocenters. The molecule has 13 nitrogen and oxygen atoms in total. The summed E-state index contributed by atoms with van der Waals surface area (Å²) in [5.41, 5.74) is 0.680. The number of rotatable bonds is 15. The zero-order valence-corrected chi connectivity index (χ0v) is 26.6. The molecule has 0 fully saturated rings. The van der Waals surface area contributed by atoms with E-state index in [4.69, 9.17) is 62.6 Å². The Bertz CT molecular complexity index is 1380. The largest absolute Gasteiger partial charge is 0.647 e. The molecule has 3 aromatic rings. The Morgan fingerprint density at radius 3 is 1.05 bits per heavy atom. The molecule has 0 heterocycles. The summed E-state index contributed by atoms with van der Waals surface area (Å²) in [4.78, 5) is 35.7. The predicted molar refractivity (Wildman–Crippen MR) is 167 cm³/mol. The van der Waals surface area contributed by atoms with Gasteiger partial charge in [0.15, 0.2) is 34.5 Å². The fourth-order valence-corrected chi connectivity index (χ4v) is 4.94. The summed E-state index contributed by atoms with van der Waals surface area (Å²) in [6, 6.07) is 12.8. The summed E-state index contributed by atoms with van der Waals surface area (Å²) < 4.78 is 48.1. The van der Waals surface area contributed by atoms with E-state index in [2.05, 4.69) is 16.0 Å². The first-order valence-corrected chi connectivity index (χ1v) is 15.4. The van der Waals surface area contributed by atoms with E-state index in [1.54, 1.807) is 0 Å². The van der Waals surface area contributed by atoms with Crippen LogP contribution in [0.3, 0.4) is 0 Å². The van der Waals surface area contributed by atoms with Gasteiger partial charge in [-0.2, -0.15) is 4.57 Å². The van der Waals surface area contributed by atoms with E-state index >= 15 is 0 Å². The average molecular weight is 691 g/mol. The maximum Gasteiger partial charge on any atom is 0.647 e. The summed E-state index contributed by atoms with van der Waals surface area (Å²) >= 11 is 16.8. The lowest BCUT2D eigenvalue weighted by molar-refractivity contribution is -0.114. The Kier molecular flexibility index (Phi) is 12.7. The first-order valence-electron chi connectivity index (χ1n) is 12.4. The highest BCUT2D eigenvalue weighted by molar-refractivity contribution is 7.49. The van der Waals surface area contributed by atoms with Gasteiger partial charge in [0.25, 0.3) is 0 Å². The van der Waals surface area contributed by atoms with Gasteiger partial charge < -0.3 is 43.7 Å². The first kappa shape index (κ1) is 34.5. The molecular weight excluding hydrogens is 664 g/mol. The Balaban J connectivity index is 2.14. The molecule has 3 N–H and O–H groups in total. The van der Waals surface area contributed by atoms with E-state index in [0.29, 0.717) is 0 Å². The maximum atomic E-state index is 14.5. The standard InChI is InChI=1S/C27H27Cl3N3O10P/c1-38-19-7-4-16(31-25(34)13-28)10-22(19)41-44(37,42-23-11-17(32-26(35)14-29)5-8-20(23)39-2)43-24-12-18(33-27(36)15-30)6-9-21(24)40-3/h4-12H,13-15H2,1-3H3,(H,31,34)(H,32,35)(H,33,36). The van der Waals surface area contributed by atoms with Crippen molar-refractivity contribution < 1.29 is 46.7 Å². The Morgan fingerprint density at radius 1 is 0.545 bits per heavy atom. The van der Waals surface area contributed by atoms with Gasteiger partial charge in [-0.05, 0) is 36.4 Å². The second-order valence-corrected chi connectivity index (χ2v) is 10.6. The summed E-state index contributed by atoms with van der Waals surface area (Å²) in [5.74, 6) is -2.74. The van der Waals surface area contributed by atoms with Crippen LogP contribution in [0.15, 0.2) is 54.6 Å². The predicted octanol–water partition coefficient (Wildman–Crippen LogP) is 5.89. The van der Waals surface area contributed by atoms with Crippen LogP contribution in [0.2, 0.25) is 0 Å². The number of carbonyl (C=O) groups is 3. The third kappa shape index (κ3) is 9.48. The number of phosphoric ester groups is 1. The lowest BCUT2D eigenvalue weighted by Gasteiger charge is -2.23. The lowest BCUT2D eigenvalue weighted by Crippen LogP contribution is -2.14. The van der Waals surface area contributed by atoms with Crippen molar-refractivity contribution in [3.05, 3.63) is 54.6 Å². The smallest absolute Gasteiger partial charge is 0.493 e. The number of carbonyl (C=O) groups excluding carboxylic acids is 3. The molecule has 0 aliphatic carbocycles. The van der Waals surface area contributed by atoms with Crippen LogP contribution in [-0.2, 0) is 18.9 Å². The van der Waals surface area contributed by atoms with E-state index in [0.717, 1.165) is 0 Å². The molecule has 0 aliphatic rings. The number of nitrogens with one attached hydrogen (secondary N) is 3. The zero-order chi connectivity index (χ0) is 32.3. The van der Waals surface area contributed by atoms with Gasteiger partial charge in [0.2, 0.25) is 17.7 Å². The van der Waals surface area contributed by atoms with Crippen LogP contribution in [0.4, 0.5) is 17.1 Å². The molecule has 0 spiro atoms. The number of phosphoric acid groups is 1. The van der Waals surface area contributed by atoms with Gasteiger partial charge >= 0.3 is 7.82 Å². The first-order chi connectivity index (χ1) is 21.1. The van der Waals surface area contributed by atoms with E-state index in [9.17, 15) is 18.9 Å². The Labute approximate surface area is 267 Å². The fourth-order valence-electron chi connectivity index (χ4n) is 3.48. The maximum absolute atomic E-state index is 14.5. The molecule has 236 valence electrons. The van der Waals surface area contributed by atoms with Crippen LogP contribution in [0.5, 0.6) is 34.5 Å². The van der Waals surface area contributed by atoms with Crippen molar-refractivity contribution in [3.8, 4) is 34.5 Å². The lowest BCUT2D eigenvalue weighted by atomic mass is 10.3. The van der Waals surface area contributed by atoms with Gasteiger partial charge in [0.1, 0.15) is 17.6 Å². The molecule has 0 atom stereocenters. The molecule has 0 aliphatic heterocycles. The quantitative estimate of drug-likeness (QED) is 0.130. The van der Waals surface area contributed by atoms with Crippen molar-refractivity contribution in [3.63, 3.8) is 0 Å². The molecular formula is C27H27Cl3N3O10P. The molecule has 0 saturated heterocycles. The van der Waals surface area contributed by atoms with E-state index in [1.165, 1.54) is 75.9 Å². The summed E-state index contributed by atoms with van der Waals surface area (Å²) in [7, 11) is -0.833. The number of alkyl halides is 3. The van der Waals surface area contributed by atoms with Crippen LogP contribution in [-0.4, -0.2) is 56.7 Å². The fraction of sp³-hybridized carbons (Fsp3) is 0.222. The van der Waals surface area contributed by atoms with E-state index in [-0.39, 0.29) is 69.2 Å². The Morgan fingerprint density at radius 2 is 0.818 bits per heavy atom. The topological polar surface area (TPSA) is 160 Å². The number of benzene rings is 3. The number of ether oxygens (including phenoxy) is 3. The molecule has 3 aromatic carbocycles. The van der Waals surface area contributed by atoms with Gasteiger partial charge in [-0.1, -0.05) is 0 Å². The second-order valence-electron chi connectivity index (χ2n) is 8.36. The molecule has 0 saturated carbocycles. The molecule has 3 amide bonds. The van der Waals surface area contributed by atoms with Crippen LogP contribution < -0.4 is 43.7 Å². The number of halogens is 3. The number of hydrogen-bond donors (Lipinski definition) is 3. The minimum Gasteiger partial charge on any atom is -0.493 e. The third-order valence-corrected chi connectivity index (χ3v) is 7.33. The van der Waals surface area contributed by atoms with Gasteiger partial charge in [-0.25, -0.2) is 0 Å². The second kappa shape index (κ2) is 16.2. The monoisotopic (exact) mass is 689 g/mol. The van der Waals surface area contributed by atoms with E-state index < -0.39 is 25.5 Å². The van der Waals surface area contributed by atoms with Crippen LogP contribution in [0, 0.1) is 0 Å². The highest BCUT2D eigenvalue weighted by atomic mass is 35.5. The molecule has 17 heteroatoms. The zero-order valence-electron chi connectivity index (χ0n) is 23.5. The van der Waals surface area contributed by atoms with Crippen molar-refractivity contribution >= 4 is 77.4 Å². The number of methoxy groups -OCH3 is 3. The van der Waals surface area contributed by atoms with Crippen molar-refractivity contribution in [1.29, 1.82) is 0 Å². The number of hydrogen-bond acceptors (Lipinski definition) is 10. The molecule has 0 aromatic heterocycles.